The Morgan fingerprint density at radius 3 is 2.42 bits per heavy atom. The lowest BCUT2D eigenvalue weighted by molar-refractivity contribution is -0.121. The first kappa shape index (κ1) is 16.1. The van der Waals surface area contributed by atoms with Crippen molar-refractivity contribution in [2.24, 2.45) is 0 Å². The maximum Gasteiger partial charge on any atom is 0.293 e. The molecule has 0 saturated carbocycles. The average Bonchev–Trinajstić information content (AvgIpc) is 2.84. The molecule has 7 heteroatoms. The molecule has 2 N–H and O–H groups in total. The quantitative estimate of drug-likeness (QED) is 0.834. The van der Waals surface area contributed by atoms with Gasteiger partial charge < -0.3 is 10.4 Å². The molecule has 0 radical (unpaired) electrons. The molecule has 0 spiro atoms. The second-order valence-electron chi connectivity index (χ2n) is 5.18. The summed E-state index contributed by atoms with van der Waals surface area (Å²) in [5.41, 5.74) is 1.01. The highest BCUT2D eigenvalue weighted by atomic mass is 32.2. The van der Waals surface area contributed by atoms with Crippen LogP contribution < -0.4 is 10.2 Å². The molecular weight excluding hydrogens is 328 g/mol. The van der Waals surface area contributed by atoms with Crippen LogP contribution in [0.5, 0.6) is 5.75 Å². The summed E-state index contributed by atoms with van der Waals surface area (Å²) in [6, 6.07) is 14.6. The Labute approximate surface area is 142 Å². The molecule has 1 aliphatic heterocycles. The maximum absolute atomic E-state index is 12.4. The summed E-state index contributed by atoms with van der Waals surface area (Å²) in [6.07, 6.45) is -0.0978. The van der Waals surface area contributed by atoms with Crippen LogP contribution >= 0.6 is 11.8 Å². The number of para-hydroxylation sites is 1. The van der Waals surface area contributed by atoms with Gasteiger partial charge in [0.15, 0.2) is 0 Å². The molecular formula is C17H14N2O4S. The van der Waals surface area contributed by atoms with Crippen molar-refractivity contribution in [2.45, 2.75) is 11.7 Å². The predicted octanol–water partition coefficient (Wildman–Crippen LogP) is 2.99. The minimum absolute atomic E-state index is 0.0959. The first-order chi connectivity index (χ1) is 11.5. The molecule has 1 atom stereocenters. The Morgan fingerprint density at radius 1 is 1.08 bits per heavy atom. The Morgan fingerprint density at radius 2 is 1.75 bits per heavy atom. The van der Waals surface area contributed by atoms with Crippen molar-refractivity contribution < 1.29 is 19.5 Å². The summed E-state index contributed by atoms with van der Waals surface area (Å²) < 4.78 is 0. The van der Waals surface area contributed by atoms with Crippen molar-refractivity contribution in [2.75, 3.05) is 10.2 Å². The van der Waals surface area contributed by atoms with E-state index in [0.29, 0.717) is 11.4 Å². The number of aromatic hydroxyl groups is 1. The van der Waals surface area contributed by atoms with Gasteiger partial charge in [-0.1, -0.05) is 18.2 Å². The van der Waals surface area contributed by atoms with Crippen LogP contribution in [0.1, 0.15) is 6.42 Å². The van der Waals surface area contributed by atoms with Gasteiger partial charge in [-0.15, -0.1) is 0 Å². The van der Waals surface area contributed by atoms with Crippen LogP contribution in [0.2, 0.25) is 0 Å². The zero-order chi connectivity index (χ0) is 17.1. The van der Waals surface area contributed by atoms with Crippen LogP contribution in [-0.2, 0) is 9.59 Å². The van der Waals surface area contributed by atoms with E-state index in [1.165, 1.54) is 12.1 Å². The van der Waals surface area contributed by atoms with Gasteiger partial charge in [-0.25, -0.2) is 4.90 Å². The minimum atomic E-state index is -0.741. The van der Waals surface area contributed by atoms with Crippen LogP contribution in [-0.4, -0.2) is 27.4 Å². The van der Waals surface area contributed by atoms with Crippen LogP contribution in [0.4, 0.5) is 16.2 Å². The fourth-order valence-electron chi connectivity index (χ4n) is 2.32. The number of amides is 3. The van der Waals surface area contributed by atoms with Crippen LogP contribution in [0.3, 0.4) is 0 Å². The first-order valence-corrected chi connectivity index (χ1v) is 8.11. The number of phenolic OH excluding ortho intramolecular Hbond substituents is 1. The van der Waals surface area contributed by atoms with Gasteiger partial charge in [-0.3, -0.25) is 14.4 Å². The maximum atomic E-state index is 12.4. The topological polar surface area (TPSA) is 86.7 Å². The molecule has 1 fully saturated rings. The molecule has 122 valence electrons. The molecule has 0 aliphatic carbocycles. The third-order valence-electron chi connectivity index (χ3n) is 3.46. The molecule has 24 heavy (non-hydrogen) atoms. The Balaban J connectivity index is 1.65. The number of hydrogen-bond acceptors (Lipinski definition) is 5. The molecule has 1 heterocycles. The number of carbonyl (C=O) groups excluding carboxylic acids is 3. The lowest BCUT2D eigenvalue weighted by Gasteiger charge is -2.13. The van der Waals surface area contributed by atoms with Crippen molar-refractivity contribution in [3.8, 4) is 5.75 Å². The number of carbonyl (C=O) groups is 3. The minimum Gasteiger partial charge on any atom is -0.508 e. The van der Waals surface area contributed by atoms with Crippen LogP contribution in [0.25, 0.3) is 0 Å². The largest absolute Gasteiger partial charge is 0.508 e. The molecule has 3 amide bonds. The zero-order valence-corrected chi connectivity index (χ0v) is 13.3. The summed E-state index contributed by atoms with van der Waals surface area (Å²) in [6.45, 7) is 0. The Bertz CT molecular complexity index is 777. The van der Waals surface area contributed by atoms with Crippen LogP contribution in [0, 0.1) is 0 Å². The molecule has 3 rings (SSSR count). The molecule has 1 aliphatic rings. The SMILES string of the molecule is O=C(CC1SC(=O)N(c2ccccc2)C1=O)Nc1ccc(O)cc1. The molecule has 0 bridgehead atoms. The third kappa shape index (κ3) is 3.41. The second kappa shape index (κ2) is 6.76. The second-order valence-corrected chi connectivity index (χ2v) is 6.33. The molecule has 6 nitrogen and oxygen atoms in total. The smallest absolute Gasteiger partial charge is 0.293 e. The van der Waals surface area contributed by atoms with E-state index < -0.39 is 11.2 Å². The number of nitrogens with one attached hydrogen (secondary N) is 1. The highest BCUT2D eigenvalue weighted by Gasteiger charge is 2.41. The van der Waals surface area contributed by atoms with E-state index in [4.69, 9.17) is 0 Å². The molecule has 2 aromatic rings. The summed E-state index contributed by atoms with van der Waals surface area (Å²) in [5, 5.41) is 10.7. The number of benzene rings is 2. The summed E-state index contributed by atoms with van der Waals surface area (Å²) in [4.78, 5) is 37.7. The van der Waals surface area contributed by atoms with Gasteiger partial charge in [0.25, 0.3) is 5.24 Å². The summed E-state index contributed by atoms with van der Waals surface area (Å²) in [5.74, 6) is -0.662. The highest BCUT2D eigenvalue weighted by molar-refractivity contribution is 8.15. The van der Waals surface area contributed by atoms with Gasteiger partial charge in [0.05, 0.1) is 5.69 Å². The Kier molecular flexibility index (Phi) is 4.52. The average molecular weight is 342 g/mol. The number of hydrogen-bond donors (Lipinski definition) is 2. The summed E-state index contributed by atoms with van der Waals surface area (Å²) in [7, 11) is 0. The number of anilines is 2. The van der Waals surface area contributed by atoms with Gasteiger partial charge in [-0.2, -0.15) is 0 Å². The van der Waals surface area contributed by atoms with E-state index in [1.807, 2.05) is 0 Å². The van der Waals surface area contributed by atoms with Gasteiger partial charge in [0, 0.05) is 12.1 Å². The highest BCUT2D eigenvalue weighted by Crippen LogP contribution is 2.33. The van der Waals surface area contributed by atoms with Gasteiger partial charge in [0.1, 0.15) is 11.0 Å². The first-order valence-electron chi connectivity index (χ1n) is 7.23. The van der Waals surface area contributed by atoms with E-state index in [1.54, 1.807) is 42.5 Å². The third-order valence-corrected chi connectivity index (χ3v) is 4.49. The van der Waals surface area contributed by atoms with Gasteiger partial charge in [0.2, 0.25) is 11.8 Å². The molecule has 1 saturated heterocycles. The molecule has 2 aromatic carbocycles. The van der Waals surface area contributed by atoms with Crippen molar-refractivity contribution >= 4 is 40.2 Å². The predicted molar refractivity (Wildman–Crippen MR) is 92.1 cm³/mol. The van der Waals surface area contributed by atoms with E-state index in [9.17, 15) is 19.5 Å². The van der Waals surface area contributed by atoms with Crippen molar-refractivity contribution in [1.82, 2.24) is 0 Å². The standard InChI is InChI=1S/C17H14N2O4S/c20-13-8-6-11(7-9-13)18-15(21)10-14-16(22)19(17(23)24-14)12-4-2-1-3-5-12/h1-9,14,20H,10H2,(H,18,21). The summed E-state index contributed by atoms with van der Waals surface area (Å²) >= 11 is 0.855. The number of rotatable bonds is 4. The van der Waals surface area contributed by atoms with Crippen molar-refractivity contribution in [3.05, 3.63) is 54.6 Å². The zero-order valence-electron chi connectivity index (χ0n) is 12.5. The monoisotopic (exact) mass is 342 g/mol. The molecule has 1 unspecified atom stereocenters. The van der Waals surface area contributed by atoms with E-state index in [-0.39, 0.29) is 23.3 Å². The number of phenols is 1. The normalized spacial score (nSPS) is 17.2. The van der Waals surface area contributed by atoms with E-state index >= 15 is 0 Å². The lowest BCUT2D eigenvalue weighted by Crippen LogP contribution is -2.32. The Hall–Kier alpha value is -2.80. The fourth-order valence-corrected chi connectivity index (χ4v) is 3.31. The fraction of sp³-hybridized carbons (Fsp3) is 0.118. The van der Waals surface area contributed by atoms with Gasteiger partial charge >= 0.3 is 0 Å². The van der Waals surface area contributed by atoms with Crippen molar-refractivity contribution in [1.29, 1.82) is 0 Å². The van der Waals surface area contributed by atoms with Crippen molar-refractivity contribution in [3.63, 3.8) is 0 Å². The van der Waals surface area contributed by atoms with E-state index in [2.05, 4.69) is 5.32 Å². The number of imide groups is 1. The van der Waals surface area contributed by atoms with E-state index in [0.717, 1.165) is 16.7 Å². The number of nitrogens with zero attached hydrogens (tertiary/aromatic N) is 1. The van der Waals surface area contributed by atoms with Crippen LogP contribution in [0.15, 0.2) is 54.6 Å². The molecule has 0 aromatic heterocycles. The number of thioether (sulfide) groups is 1. The van der Waals surface area contributed by atoms with Gasteiger partial charge in [-0.05, 0) is 48.2 Å². The lowest BCUT2D eigenvalue weighted by atomic mass is 10.2.